The number of halogens is 1. The zero-order valence-electron chi connectivity index (χ0n) is 21.5. The zero-order valence-corrected chi connectivity index (χ0v) is 23.1. The topological polar surface area (TPSA) is 84.9 Å². The third-order valence-electron chi connectivity index (χ3n) is 6.49. The number of nitrogens with zero attached hydrogens (tertiary/aromatic N) is 1. The number of aryl methyl sites for hydroxylation is 1. The maximum absolute atomic E-state index is 13.6. The molecule has 1 N–H and O–H groups in total. The monoisotopic (exact) mass is 542 g/mol. The Hall–Kier alpha value is -3.23. The van der Waals surface area contributed by atoms with Gasteiger partial charge in [-0.1, -0.05) is 37.6 Å². The van der Waals surface area contributed by atoms with E-state index in [9.17, 15) is 13.2 Å². The first kappa shape index (κ1) is 26.8. The number of hydrogen-bond acceptors (Lipinski definition) is 5. The molecule has 0 aromatic heterocycles. The molecule has 0 spiro atoms. The van der Waals surface area contributed by atoms with Crippen LogP contribution in [0, 0.1) is 6.92 Å². The van der Waals surface area contributed by atoms with E-state index in [0.717, 1.165) is 22.4 Å². The van der Waals surface area contributed by atoms with Crippen LogP contribution in [0.25, 0.3) is 0 Å². The van der Waals surface area contributed by atoms with Crippen LogP contribution in [0.5, 0.6) is 11.5 Å². The Kier molecular flexibility index (Phi) is 7.71. The third kappa shape index (κ3) is 5.40. The molecule has 0 radical (unpaired) electrons. The van der Waals surface area contributed by atoms with E-state index in [2.05, 4.69) is 25.2 Å². The lowest BCUT2D eigenvalue weighted by Crippen LogP contribution is -2.51. The highest BCUT2D eigenvalue weighted by Crippen LogP contribution is 2.37. The van der Waals surface area contributed by atoms with Crippen molar-refractivity contribution in [1.29, 1.82) is 0 Å². The second-order valence-corrected chi connectivity index (χ2v) is 11.7. The normalized spacial score (nSPS) is 16.1. The zero-order chi connectivity index (χ0) is 26.9. The summed E-state index contributed by atoms with van der Waals surface area (Å²) in [6.07, 6.45) is -1.04. The molecular weight excluding hydrogens is 512 g/mol. The van der Waals surface area contributed by atoms with Gasteiger partial charge in [-0.3, -0.25) is 9.10 Å². The lowest BCUT2D eigenvalue weighted by atomic mass is 9.93. The van der Waals surface area contributed by atoms with Gasteiger partial charge in [-0.15, -0.1) is 0 Å². The minimum atomic E-state index is -3.97. The number of amides is 1. The molecule has 3 aromatic rings. The number of methoxy groups -OCH3 is 1. The van der Waals surface area contributed by atoms with Crippen molar-refractivity contribution in [2.75, 3.05) is 18.0 Å². The number of carbonyl (C=O) groups is 1. The largest absolute Gasteiger partial charge is 0.496 e. The van der Waals surface area contributed by atoms with Gasteiger partial charge in [-0.25, -0.2) is 8.42 Å². The maximum atomic E-state index is 13.6. The summed E-state index contributed by atoms with van der Waals surface area (Å²) in [6, 6.07) is 16.4. The standard InChI is InChI=1S/C28H31ClN2O5S/c1-17(2)22-15-23(18(3)14-26(22)35-5)19(4)30-28(32)27-16-31(24-8-6-7-9-25(24)36-27)37(33,34)21-12-10-20(29)11-13-21/h6-15,17,19,27H,16H2,1-5H3,(H,30,32)/t19-,27-/m1/s1. The number of nitrogens with one attached hydrogen (secondary N) is 1. The van der Waals surface area contributed by atoms with Crippen molar-refractivity contribution in [2.45, 2.75) is 50.7 Å². The second kappa shape index (κ2) is 10.6. The van der Waals surface area contributed by atoms with Crippen molar-refractivity contribution in [1.82, 2.24) is 5.32 Å². The molecule has 1 aliphatic rings. The molecule has 2 atom stereocenters. The van der Waals surface area contributed by atoms with Crippen molar-refractivity contribution in [3.05, 3.63) is 82.4 Å². The van der Waals surface area contributed by atoms with E-state index >= 15 is 0 Å². The van der Waals surface area contributed by atoms with Gasteiger partial charge >= 0.3 is 0 Å². The van der Waals surface area contributed by atoms with Crippen LogP contribution < -0.4 is 19.1 Å². The van der Waals surface area contributed by atoms with Gasteiger partial charge in [-0.2, -0.15) is 0 Å². The fourth-order valence-corrected chi connectivity index (χ4v) is 6.10. The summed E-state index contributed by atoms with van der Waals surface area (Å²) < 4.78 is 39.9. The van der Waals surface area contributed by atoms with Crippen molar-refractivity contribution < 1.29 is 22.7 Å². The second-order valence-electron chi connectivity index (χ2n) is 9.40. The van der Waals surface area contributed by atoms with Gasteiger partial charge < -0.3 is 14.8 Å². The third-order valence-corrected chi connectivity index (χ3v) is 8.54. The lowest BCUT2D eigenvalue weighted by molar-refractivity contribution is -0.128. The van der Waals surface area contributed by atoms with Crippen LogP contribution >= 0.6 is 11.6 Å². The van der Waals surface area contributed by atoms with E-state index in [1.807, 2.05) is 19.9 Å². The molecule has 1 heterocycles. The number of fused-ring (bicyclic) bond motifs is 1. The molecule has 0 unspecified atom stereocenters. The van der Waals surface area contributed by atoms with Gasteiger partial charge in [0.25, 0.3) is 15.9 Å². The highest BCUT2D eigenvalue weighted by molar-refractivity contribution is 7.92. The maximum Gasteiger partial charge on any atom is 0.264 e. The molecule has 0 saturated heterocycles. The van der Waals surface area contributed by atoms with Crippen molar-refractivity contribution in [2.24, 2.45) is 0 Å². The van der Waals surface area contributed by atoms with Crippen molar-refractivity contribution in [3.63, 3.8) is 0 Å². The minimum absolute atomic E-state index is 0.0798. The summed E-state index contributed by atoms with van der Waals surface area (Å²) in [7, 11) is -2.32. The van der Waals surface area contributed by atoms with E-state index in [4.69, 9.17) is 21.1 Å². The number of carbonyl (C=O) groups excluding carboxylic acids is 1. The van der Waals surface area contributed by atoms with Crippen molar-refractivity contribution in [3.8, 4) is 11.5 Å². The molecule has 0 aliphatic carbocycles. The summed E-state index contributed by atoms with van der Waals surface area (Å²) in [5.74, 6) is 0.966. The van der Waals surface area contributed by atoms with Crippen LogP contribution in [0.3, 0.4) is 0 Å². The lowest BCUT2D eigenvalue weighted by Gasteiger charge is -2.35. The summed E-state index contributed by atoms with van der Waals surface area (Å²) in [6.45, 7) is 7.88. The van der Waals surface area contributed by atoms with Gasteiger partial charge in [-0.05, 0) is 85.0 Å². The summed E-state index contributed by atoms with van der Waals surface area (Å²) in [5, 5.41) is 3.45. The fourth-order valence-electron chi connectivity index (χ4n) is 4.49. The summed E-state index contributed by atoms with van der Waals surface area (Å²) in [4.78, 5) is 13.5. The van der Waals surface area contributed by atoms with E-state index in [1.54, 1.807) is 31.4 Å². The molecule has 9 heteroatoms. The van der Waals surface area contributed by atoms with Crippen LogP contribution in [0.4, 0.5) is 5.69 Å². The number of rotatable bonds is 7. The van der Waals surface area contributed by atoms with Crippen LogP contribution in [-0.2, 0) is 14.8 Å². The van der Waals surface area contributed by atoms with Gasteiger partial charge in [0.2, 0.25) is 0 Å². The number of para-hydroxylation sites is 2. The van der Waals surface area contributed by atoms with Gasteiger partial charge in [0.1, 0.15) is 11.5 Å². The summed E-state index contributed by atoms with van der Waals surface area (Å²) in [5.41, 5.74) is 3.37. The number of benzene rings is 3. The number of ether oxygens (including phenoxy) is 2. The first-order valence-corrected chi connectivity index (χ1v) is 13.9. The van der Waals surface area contributed by atoms with Crippen LogP contribution in [0.15, 0.2) is 65.6 Å². The Labute approximate surface area is 223 Å². The average molecular weight is 543 g/mol. The number of sulfonamides is 1. The Bertz CT molecular complexity index is 1410. The van der Waals surface area contributed by atoms with E-state index in [0.29, 0.717) is 16.5 Å². The van der Waals surface area contributed by atoms with Crippen molar-refractivity contribution >= 4 is 33.2 Å². The van der Waals surface area contributed by atoms with E-state index < -0.39 is 22.0 Å². The van der Waals surface area contributed by atoms with Crippen LogP contribution in [0.1, 0.15) is 49.4 Å². The quantitative estimate of drug-likeness (QED) is 0.419. The molecule has 1 aliphatic heterocycles. The Balaban J connectivity index is 1.62. The molecule has 37 heavy (non-hydrogen) atoms. The van der Waals surface area contributed by atoms with Gasteiger partial charge in [0.05, 0.1) is 30.3 Å². The van der Waals surface area contributed by atoms with Crippen LogP contribution in [0.2, 0.25) is 5.02 Å². The van der Waals surface area contributed by atoms with E-state index in [1.165, 1.54) is 28.6 Å². The molecule has 7 nitrogen and oxygen atoms in total. The highest BCUT2D eigenvalue weighted by Gasteiger charge is 2.38. The molecule has 3 aromatic carbocycles. The number of anilines is 1. The predicted molar refractivity (Wildman–Crippen MR) is 145 cm³/mol. The first-order chi connectivity index (χ1) is 17.5. The van der Waals surface area contributed by atoms with Crippen LogP contribution in [-0.4, -0.2) is 34.1 Å². The summed E-state index contributed by atoms with van der Waals surface area (Å²) >= 11 is 5.96. The molecule has 0 fully saturated rings. The molecule has 1 amide bonds. The van der Waals surface area contributed by atoms with E-state index in [-0.39, 0.29) is 23.4 Å². The predicted octanol–water partition coefficient (Wildman–Crippen LogP) is 5.61. The van der Waals surface area contributed by atoms with Gasteiger partial charge in [0, 0.05) is 5.02 Å². The number of hydrogen-bond donors (Lipinski definition) is 1. The first-order valence-electron chi connectivity index (χ1n) is 12.1. The highest BCUT2D eigenvalue weighted by atomic mass is 35.5. The molecule has 196 valence electrons. The smallest absolute Gasteiger partial charge is 0.264 e. The molecule has 0 saturated carbocycles. The van der Waals surface area contributed by atoms with Gasteiger partial charge in [0.15, 0.2) is 6.10 Å². The minimum Gasteiger partial charge on any atom is -0.496 e. The Morgan fingerprint density at radius 3 is 2.41 bits per heavy atom. The fraction of sp³-hybridized carbons (Fsp3) is 0.321. The molecular formula is C28H31ClN2O5S. The molecule has 4 rings (SSSR count). The molecule has 0 bridgehead atoms. The average Bonchev–Trinajstić information content (AvgIpc) is 2.87. The SMILES string of the molecule is COc1cc(C)c([C@@H](C)NC(=O)[C@H]2CN(S(=O)(=O)c3ccc(Cl)cc3)c3ccccc3O2)cc1C(C)C. The Morgan fingerprint density at radius 1 is 1.08 bits per heavy atom. The Morgan fingerprint density at radius 2 is 1.76 bits per heavy atom.